The zero-order valence-electron chi connectivity index (χ0n) is 73.1. The summed E-state index contributed by atoms with van der Waals surface area (Å²) < 4.78 is 0. The number of aromatic hydroxyl groups is 2. The number of carboxylic acids is 1. The summed E-state index contributed by atoms with van der Waals surface area (Å²) in [6, 6.07) is 3.62. The smallest absolute Gasteiger partial charge is 0.326 e. The minimum Gasteiger partial charge on any atom is -0.508 e. The lowest BCUT2D eigenvalue weighted by atomic mass is 9.97. The number of benzene rings is 4. The summed E-state index contributed by atoms with van der Waals surface area (Å²) in [7, 11) is 0. The van der Waals surface area contributed by atoms with Gasteiger partial charge in [-0.1, -0.05) is 105 Å². The first-order chi connectivity index (χ1) is 63.2. The molecule has 0 unspecified atom stereocenters. The van der Waals surface area contributed by atoms with Crippen LogP contribution in [0.15, 0.2) is 109 Å². The minimum atomic E-state index is -1.86. The number of amides is 17. The summed E-state index contributed by atoms with van der Waals surface area (Å²) in [4.78, 5) is 252. The third kappa shape index (κ3) is 36.3. The van der Waals surface area contributed by atoms with Crippen LogP contribution in [0, 0.1) is 16.7 Å². The zero-order chi connectivity index (χ0) is 98.1. The lowest BCUT2D eigenvalue weighted by Gasteiger charge is -2.32. The van der Waals surface area contributed by atoms with E-state index >= 15 is 9.59 Å². The largest absolute Gasteiger partial charge is 0.508 e. The monoisotopic (exact) mass is 1910 g/mol. The Bertz CT molecular complexity index is 4750. The van der Waals surface area contributed by atoms with E-state index in [0.29, 0.717) is 22.3 Å². The van der Waals surface area contributed by atoms with Crippen molar-refractivity contribution in [1.29, 1.82) is 10.8 Å². The molecular weight excluding hydrogens is 1790 g/mol. The van der Waals surface area contributed by atoms with Crippen LogP contribution in [-0.4, -0.2) is 278 Å². The van der Waals surface area contributed by atoms with Crippen LogP contribution in [0.4, 0.5) is 0 Å². The van der Waals surface area contributed by atoms with Gasteiger partial charge in [-0.2, -0.15) is 37.9 Å². The van der Waals surface area contributed by atoms with Crippen LogP contribution in [0.2, 0.25) is 0 Å². The molecule has 2 heterocycles. The summed E-state index contributed by atoms with van der Waals surface area (Å²) >= 11 is 12.7. The van der Waals surface area contributed by atoms with E-state index in [2.05, 4.69) is 123 Å². The molecule has 133 heavy (non-hydrogen) atoms. The molecule has 16 atom stereocenters. The van der Waals surface area contributed by atoms with Crippen molar-refractivity contribution in [2.24, 2.45) is 28.9 Å². The van der Waals surface area contributed by atoms with Gasteiger partial charge in [0.1, 0.15) is 102 Å². The standard InChI is InChI=1S/C85H119N23O22S3/c1-3-44(2)68(81(127)103-60(40-109)76(122)106-63(43-133)79(125)102-59(83(129)130)38-46-15-8-5-9-16-46)107-80(126)64-19-12-34-108(64)82(128)58(39-66(87)113)101-75(121)55(35-45-13-6-4-7-14-45)99-74(120)57(37-48-22-26-50(111)27-23-48)100-78(124)62(42-132)105-72(118)54(28-30-65(86)112)97-69(115)51(17-10-32-92-84(88)89)95-73(119)56(36-47-20-24-49(110)25-21-47)98-70(116)52(18-11-33-93-85(90)91)96-77(123)61(41-131)104-71(117)53-29-31-67(114)94-53/h4-9,13-16,20-27,44,51-64,68,109-111,131-133H,3,10-12,17-19,28-43H2,1-2H3,(H2,86,112)(H2,87,113)(H,94,114)(H,95,119)(H,96,123)(H,97,115)(H,98,116)(H,99,120)(H,100,124)(H,101,121)(H,102,125)(H,103,127)(H,104,117)(H,105,118)(H,106,122)(H,107,126)(H,129,130)(H4,88,89,92)(H4,90,91,93)/t44-,51-,52-,53-,54-,55-,56-,57-,58-,59-,60-,61-,62-,63-,64-,68-/m0/s1. The van der Waals surface area contributed by atoms with Gasteiger partial charge in [-0.25, -0.2) is 4.79 Å². The quantitative estimate of drug-likeness (QED) is 0.00846. The topological polar surface area (TPSA) is 736 Å². The molecule has 2 saturated heterocycles. The number of aliphatic hydroxyl groups is 1. The Morgan fingerprint density at radius 3 is 1.19 bits per heavy atom. The molecule has 4 aromatic carbocycles. The molecule has 0 saturated carbocycles. The average Bonchev–Trinajstić information content (AvgIpc) is 1.73. The summed E-state index contributed by atoms with van der Waals surface area (Å²) in [6.07, 6.45) is -3.21. The number of hydrogen-bond acceptors (Lipinski definition) is 26. The predicted octanol–water partition coefficient (Wildman–Crippen LogP) is -6.48. The maximum Gasteiger partial charge on any atom is 0.326 e. The van der Waals surface area contributed by atoms with E-state index in [1.807, 2.05) is 0 Å². The lowest BCUT2D eigenvalue weighted by molar-refractivity contribution is -0.143. The number of rotatable bonds is 55. The molecule has 0 aliphatic carbocycles. The highest BCUT2D eigenvalue weighted by molar-refractivity contribution is 7.80. The van der Waals surface area contributed by atoms with Crippen LogP contribution in [0.3, 0.4) is 0 Å². The number of carboxylic acid groups (broad SMARTS) is 1. The van der Waals surface area contributed by atoms with Crippen molar-refractivity contribution in [2.75, 3.05) is 43.5 Å². The highest BCUT2D eigenvalue weighted by Crippen LogP contribution is 2.23. The first kappa shape index (κ1) is 108. The Kier molecular flexibility index (Phi) is 44.7. The lowest BCUT2D eigenvalue weighted by Crippen LogP contribution is -2.62. The number of nitrogens with zero attached hydrogens (tertiary/aromatic N) is 1. The van der Waals surface area contributed by atoms with Crippen LogP contribution in [0.25, 0.3) is 0 Å². The van der Waals surface area contributed by atoms with E-state index in [-0.39, 0.29) is 126 Å². The maximum atomic E-state index is 15.1. The van der Waals surface area contributed by atoms with Crippen LogP contribution >= 0.6 is 37.9 Å². The number of aliphatic carboxylic acids is 1. The van der Waals surface area contributed by atoms with Gasteiger partial charge in [0.15, 0.2) is 11.9 Å². The molecular formula is C85H119N23O22S3. The van der Waals surface area contributed by atoms with Crippen molar-refractivity contribution in [2.45, 2.75) is 207 Å². The number of thiol groups is 3. The van der Waals surface area contributed by atoms with E-state index in [1.165, 1.54) is 48.5 Å². The number of aliphatic hydroxyl groups excluding tert-OH is 1. The zero-order valence-corrected chi connectivity index (χ0v) is 75.8. The maximum absolute atomic E-state index is 15.1. The van der Waals surface area contributed by atoms with Crippen LogP contribution in [0.5, 0.6) is 11.5 Å². The van der Waals surface area contributed by atoms with E-state index in [4.69, 9.17) is 33.8 Å². The number of guanidine groups is 2. The highest BCUT2D eigenvalue weighted by atomic mass is 32.1. The van der Waals surface area contributed by atoms with E-state index in [1.54, 1.807) is 74.5 Å². The third-order valence-electron chi connectivity index (χ3n) is 21.6. The fourth-order valence-corrected chi connectivity index (χ4v) is 14.9. The van der Waals surface area contributed by atoms with Crippen molar-refractivity contribution in [3.63, 3.8) is 0 Å². The van der Waals surface area contributed by atoms with E-state index in [9.17, 15) is 97.1 Å². The first-order valence-electron chi connectivity index (χ1n) is 42.8. The molecule has 30 N–H and O–H groups in total. The molecule has 45 nitrogen and oxygen atoms in total. The van der Waals surface area contributed by atoms with Crippen LogP contribution in [-0.2, 0) is 112 Å². The molecule has 0 spiro atoms. The van der Waals surface area contributed by atoms with Gasteiger partial charge in [0, 0.05) is 75.4 Å². The molecule has 2 fully saturated rings. The number of primary amides is 2. The number of hydrogen-bond donors (Lipinski definition) is 29. The van der Waals surface area contributed by atoms with Gasteiger partial charge in [-0.05, 0) is 104 Å². The number of carbonyl (C=O) groups excluding carboxylic acids is 17. The minimum absolute atomic E-state index is 0.0126. The SMILES string of the molecule is CC[C@H](C)[C@H](NC(=O)[C@@H]1CCCN1C(=O)[C@H](CC(N)=O)NC(=O)[C@H](Cc1ccccc1)NC(=O)[C@H](Cc1ccc(O)cc1)NC(=O)[C@H](CS)NC(=O)[C@H](CCC(N)=O)NC(=O)[C@H](CCCNC(=N)N)NC(=O)[C@H](Cc1ccc(O)cc1)NC(=O)[C@H](CCCNC(=N)N)NC(=O)[C@H](CS)NC(=O)[C@@H]1CCC(=O)N1)C(=O)N[C@@H](CO)C(=O)N[C@@H](CS)C(=O)N[C@@H](Cc1ccccc1)C(=O)O. The molecule has 6 rings (SSSR count). The third-order valence-corrected chi connectivity index (χ3v) is 22.7. The number of nitrogens with two attached hydrogens (primary N) is 4. The molecule has 724 valence electrons. The van der Waals surface area contributed by atoms with E-state index in [0.717, 1.165) is 4.90 Å². The first-order valence-corrected chi connectivity index (χ1v) is 44.7. The molecule has 4 aromatic rings. The van der Waals surface area contributed by atoms with Gasteiger partial charge in [0.25, 0.3) is 0 Å². The van der Waals surface area contributed by atoms with E-state index < -0.39 is 247 Å². The molecule has 48 heteroatoms. The molecule has 0 aromatic heterocycles. The predicted molar refractivity (Wildman–Crippen MR) is 491 cm³/mol. The van der Waals surface area contributed by atoms with Crippen LogP contribution in [0.1, 0.15) is 113 Å². The fourth-order valence-electron chi connectivity index (χ4n) is 14.1. The Morgan fingerprint density at radius 2 is 0.805 bits per heavy atom. The molecule has 0 radical (unpaired) electrons. The molecule has 2 aliphatic rings. The molecule has 0 bridgehead atoms. The van der Waals surface area contributed by atoms with Crippen molar-refractivity contribution >= 4 is 156 Å². The van der Waals surface area contributed by atoms with Crippen molar-refractivity contribution in [1.82, 2.24) is 90.0 Å². The van der Waals surface area contributed by atoms with Gasteiger partial charge in [0.2, 0.25) is 100 Å². The number of likely N-dealkylation sites (tertiary alicyclic amines) is 1. The summed E-state index contributed by atoms with van der Waals surface area (Å²) in [5, 5.41) is 96.5. The number of carbonyl (C=O) groups is 18. The number of phenols is 2. The highest BCUT2D eigenvalue weighted by Gasteiger charge is 2.43. The second-order valence-electron chi connectivity index (χ2n) is 31.8. The van der Waals surface area contributed by atoms with Gasteiger partial charge < -0.3 is 133 Å². The Labute approximate surface area is 782 Å². The van der Waals surface area contributed by atoms with Crippen molar-refractivity contribution in [3.8, 4) is 11.5 Å². The van der Waals surface area contributed by atoms with Crippen LogP contribution < -0.4 is 108 Å². The Morgan fingerprint density at radius 1 is 0.444 bits per heavy atom. The fraction of sp³-hybridized carbons (Fsp3) is 0.482. The summed E-state index contributed by atoms with van der Waals surface area (Å²) in [5.74, 6) is -21.3. The number of phenolic OH excluding ortho intramolecular Hbond substituents is 2. The van der Waals surface area contributed by atoms with Crippen molar-refractivity contribution in [3.05, 3.63) is 131 Å². The second kappa shape index (κ2) is 55.0. The Hall–Kier alpha value is -13.5. The molecule has 2 aliphatic heterocycles. The average molecular weight is 1910 g/mol. The summed E-state index contributed by atoms with van der Waals surface area (Å²) in [5.41, 5.74) is 24.0. The Balaban J connectivity index is 1.23. The van der Waals surface area contributed by atoms with Gasteiger partial charge in [-0.15, -0.1) is 0 Å². The second-order valence-corrected chi connectivity index (χ2v) is 32.9. The van der Waals surface area contributed by atoms with Gasteiger partial charge >= 0.3 is 5.97 Å². The number of nitrogens with one attached hydrogen (secondary N) is 18. The van der Waals surface area contributed by atoms with Gasteiger partial charge in [-0.3, -0.25) is 92.3 Å². The molecule has 17 amide bonds. The van der Waals surface area contributed by atoms with Gasteiger partial charge in [0.05, 0.1) is 13.0 Å². The normalized spacial score (nSPS) is 16.4. The summed E-state index contributed by atoms with van der Waals surface area (Å²) in [6.45, 7) is 2.01. The van der Waals surface area contributed by atoms with Crippen molar-refractivity contribution < 1.29 is 107 Å².